The topological polar surface area (TPSA) is 293 Å². The van der Waals surface area contributed by atoms with Crippen molar-refractivity contribution < 1.29 is 76.1 Å². The van der Waals surface area contributed by atoms with Crippen LogP contribution >= 0.6 is 0 Å². The van der Waals surface area contributed by atoms with Crippen LogP contribution in [0.3, 0.4) is 0 Å². The van der Waals surface area contributed by atoms with Crippen molar-refractivity contribution >= 4 is 59.5 Å². The number of hydrogen-bond donors (Lipinski definition) is 8. The smallest absolute Gasteiger partial charge is 0.391 e. The Hall–Kier alpha value is -6.35. The summed E-state index contributed by atoms with van der Waals surface area (Å²) in [6.07, 6.45) is -8.42. The Balaban J connectivity index is 2.49. The number of ketones is 1. The minimum Gasteiger partial charge on any atom is -0.482 e. The van der Waals surface area contributed by atoms with E-state index in [0.717, 1.165) is 6.08 Å². The van der Waals surface area contributed by atoms with Crippen molar-refractivity contribution in [2.75, 3.05) is 0 Å². The summed E-state index contributed by atoms with van der Waals surface area (Å²) in [5.74, 6) is -10.8. The standard InChI is InChI=1S/C43H59F3N6O13/c1-22(2)15-28(36(60)47-25(21-53)19-43(44,45)46)51-40(64)34(41(4,5)6)52-38(62)29(16-24-12-10-9-11-23(24)3)49-35(59)27(13-14-32(55)56)48-37(61)30(18-33(57)58)50-39(63)31-17-26(54)20-42(7,8)65-31/h9-12,17,21-22,25,27-30,34H,13-16,18-20H2,1-8H3,(H,47,60)(H,48,61)(H,49,59)(H,50,63)(H,51,64)(H,52,62)(H,55,56)(H,57,58)/t25?,27-,28-,29-,30-,34+/m0/s1. The highest BCUT2D eigenvalue weighted by molar-refractivity contribution is 6.04. The van der Waals surface area contributed by atoms with Gasteiger partial charge in [0.2, 0.25) is 29.5 Å². The zero-order valence-electron chi connectivity index (χ0n) is 37.5. The van der Waals surface area contributed by atoms with E-state index in [-0.39, 0.29) is 31.5 Å². The molecule has 65 heavy (non-hydrogen) atoms. The van der Waals surface area contributed by atoms with E-state index in [4.69, 9.17) is 4.74 Å². The molecule has 0 aliphatic carbocycles. The van der Waals surface area contributed by atoms with Gasteiger partial charge in [0.1, 0.15) is 42.1 Å². The van der Waals surface area contributed by atoms with Crippen LogP contribution in [-0.2, 0) is 59.1 Å². The maximum absolute atomic E-state index is 14.3. The number of alkyl halides is 3. The largest absolute Gasteiger partial charge is 0.482 e. The molecule has 1 unspecified atom stereocenters. The molecule has 0 bridgehead atoms. The van der Waals surface area contributed by atoms with E-state index in [2.05, 4.69) is 26.6 Å². The molecular formula is C43H59F3N6O13. The average Bonchev–Trinajstić information content (AvgIpc) is 3.15. The Morgan fingerprint density at radius 2 is 1.34 bits per heavy atom. The summed E-state index contributed by atoms with van der Waals surface area (Å²) < 4.78 is 44.7. The van der Waals surface area contributed by atoms with Crippen LogP contribution in [0, 0.1) is 18.3 Å². The first kappa shape index (κ1) is 54.8. The lowest BCUT2D eigenvalue weighted by molar-refractivity contribution is -0.147. The fourth-order valence-electron chi connectivity index (χ4n) is 6.60. The molecule has 0 saturated carbocycles. The Labute approximate surface area is 373 Å². The van der Waals surface area contributed by atoms with E-state index in [1.807, 2.05) is 5.32 Å². The number of amides is 6. The van der Waals surface area contributed by atoms with Gasteiger partial charge in [-0.2, -0.15) is 13.2 Å². The summed E-state index contributed by atoms with van der Waals surface area (Å²) in [7, 11) is 0. The van der Waals surface area contributed by atoms with Crippen molar-refractivity contribution in [3.63, 3.8) is 0 Å². The Bertz CT molecular complexity index is 2000. The lowest BCUT2D eigenvalue weighted by atomic mass is 9.85. The molecule has 22 heteroatoms. The van der Waals surface area contributed by atoms with Crippen molar-refractivity contribution in [1.82, 2.24) is 31.9 Å². The Kier molecular flexibility index (Phi) is 19.8. The number of carbonyl (C=O) groups excluding carboxylic acids is 8. The highest BCUT2D eigenvalue weighted by Gasteiger charge is 2.40. The summed E-state index contributed by atoms with van der Waals surface area (Å²) in [6, 6.07) is -3.43. The van der Waals surface area contributed by atoms with Crippen LogP contribution in [0.2, 0.25) is 0 Å². The minimum absolute atomic E-state index is 0.0751. The Morgan fingerprint density at radius 3 is 1.86 bits per heavy atom. The van der Waals surface area contributed by atoms with E-state index in [9.17, 15) is 71.3 Å². The van der Waals surface area contributed by atoms with Gasteiger partial charge in [-0.05, 0) is 56.1 Å². The second-order valence-electron chi connectivity index (χ2n) is 17.9. The predicted molar refractivity (Wildman–Crippen MR) is 224 cm³/mol. The van der Waals surface area contributed by atoms with Crippen LogP contribution in [0.25, 0.3) is 0 Å². The lowest BCUT2D eigenvalue weighted by Gasteiger charge is -2.34. The first-order valence-electron chi connectivity index (χ1n) is 20.7. The molecule has 1 aliphatic heterocycles. The van der Waals surface area contributed by atoms with Crippen molar-refractivity contribution in [2.45, 2.75) is 148 Å². The van der Waals surface area contributed by atoms with Crippen molar-refractivity contribution in [2.24, 2.45) is 11.3 Å². The molecule has 8 N–H and O–H groups in total. The van der Waals surface area contributed by atoms with Crippen molar-refractivity contribution in [1.29, 1.82) is 0 Å². The van der Waals surface area contributed by atoms with E-state index >= 15 is 0 Å². The summed E-state index contributed by atoms with van der Waals surface area (Å²) in [6.45, 7) is 12.7. The van der Waals surface area contributed by atoms with Crippen LogP contribution in [-0.4, -0.2) is 118 Å². The molecule has 0 radical (unpaired) electrons. The van der Waals surface area contributed by atoms with Gasteiger partial charge >= 0.3 is 18.1 Å². The van der Waals surface area contributed by atoms with Crippen molar-refractivity contribution in [3.8, 4) is 0 Å². The van der Waals surface area contributed by atoms with Crippen LogP contribution in [0.15, 0.2) is 36.1 Å². The second-order valence-corrected chi connectivity index (χ2v) is 17.9. The average molecular weight is 925 g/mol. The molecule has 360 valence electrons. The number of aldehydes is 1. The molecule has 1 aromatic rings. The SMILES string of the molecule is Cc1ccccc1C[C@H](NC(=O)[C@H](CCC(=O)O)NC(=O)[C@H](CC(=O)O)NC(=O)C1=CC(=O)CC(C)(C)O1)C(=O)N[C@H](C(=O)N[C@@H](CC(C)C)C(=O)NC(C=O)CC(F)(F)F)C(C)(C)C. The predicted octanol–water partition coefficient (Wildman–Crippen LogP) is 1.68. The first-order valence-corrected chi connectivity index (χ1v) is 20.7. The van der Waals surface area contributed by atoms with Gasteiger partial charge in [0.25, 0.3) is 5.91 Å². The van der Waals surface area contributed by atoms with E-state index in [0.29, 0.717) is 11.1 Å². The van der Waals surface area contributed by atoms with E-state index in [1.165, 1.54) is 13.8 Å². The first-order chi connectivity index (χ1) is 29.9. The summed E-state index contributed by atoms with van der Waals surface area (Å²) in [4.78, 5) is 129. The number of carboxylic acids is 2. The molecular weight excluding hydrogens is 865 g/mol. The normalized spacial score (nSPS) is 16.4. The number of rotatable bonds is 23. The maximum atomic E-state index is 14.3. The molecule has 6 amide bonds. The molecule has 1 aromatic carbocycles. The summed E-state index contributed by atoms with van der Waals surface area (Å²) in [5, 5.41) is 33.0. The zero-order chi connectivity index (χ0) is 49.6. The second kappa shape index (κ2) is 23.5. The van der Waals surface area contributed by atoms with Gasteiger partial charge in [-0.25, -0.2) is 0 Å². The third-order valence-corrected chi connectivity index (χ3v) is 9.80. The molecule has 1 heterocycles. The number of halogens is 3. The molecule has 0 spiro atoms. The molecule has 0 fully saturated rings. The molecule has 19 nitrogen and oxygen atoms in total. The number of ether oxygens (including phenoxy) is 1. The number of hydrogen-bond acceptors (Lipinski definition) is 11. The van der Waals surface area contributed by atoms with E-state index in [1.54, 1.807) is 65.8 Å². The quantitative estimate of drug-likeness (QED) is 0.0726. The van der Waals surface area contributed by atoms with Crippen molar-refractivity contribution in [3.05, 3.63) is 47.2 Å². The number of carbonyl (C=O) groups is 10. The minimum atomic E-state index is -4.80. The monoisotopic (exact) mass is 924 g/mol. The maximum Gasteiger partial charge on any atom is 0.391 e. The summed E-state index contributed by atoms with van der Waals surface area (Å²) in [5.41, 5.74) is -1.06. The number of nitrogens with one attached hydrogen (secondary N) is 6. The number of aliphatic carboxylic acids is 2. The van der Waals surface area contributed by atoms with Crippen LogP contribution in [0.1, 0.15) is 98.1 Å². The molecule has 0 aromatic heterocycles. The molecule has 1 aliphatic rings. The highest BCUT2D eigenvalue weighted by Crippen LogP contribution is 2.25. The summed E-state index contributed by atoms with van der Waals surface area (Å²) >= 11 is 0. The van der Waals surface area contributed by atoms with Gasteiger partial charge in [-0.1, -0.05) is 58.9 Å². The fourth-order valence-corrected chi connectivity index (χ4v) is 6.60. The van der Waals surface area contributed by atoms with Gasteiger partial charge in [0.05, 0.1) is 18.9 Å². The van der Waals surface area contributed by atoms with Crippen LogP contribution in [0.5, 0.6) is 0 Å². The number of benzene rings is 1. The number of allylic oxidation sites excluding steroid dienone is 1. The fraction of sp³-hybridized carbons (Fsp3) is 0.581. The lowest BCUT2D eigenvalue weighted by Crippen LogP contribution is -2.62. The van der Waals surface area contributed by atoms with Gasteiger partial charge in [-0.3, -0.25) is 43.2 Å². The van der Waals surface area contributed by atoms with E-state index < -0.39 is 138 Å². The zero-order valence-corrected chi connectivity index (χ0v) is 37.5. The van der Waals surface area contributed by atoms with Crippen LogP contribution in [0.4, 0.5) is 13.2 Å². The van der Waals surface area contributed by atoms with Gasteiger partial charge in [0, 0.05) is 25.3 Å². The third kappa shape index (κ3) is 19.1. The van der Waals surface area contributed by atoms with Gasteiger partial charge in [-0.15, -0.1) is 0 Å². The number of carboxylic acid groups (broad SMARTS) is 2. The molecule has 2 rings (SSSR count). The van der Waals surface area contributed by atoms with Gasteiger partial charge in [0.15, 0.2) is 11.5 Å². The molecule has 0 saturated heterocycles. The van der Waals surface area contributed by atoms with Crippen LogP contribution < -0.4 is 31.9 Å². The molecule has 6 atom stereocenters. The number of aryl methyl sites for hydroxylation is 1. The highest BCUT2D eigenvalue weighted by atomic mass is 19.4. The van der Waals surface area contributed by atoms with Gasteiger partial charge < -0.3 is 51.6 Å². The third-order valence-electron chi connectivity index (χ3n) is 9.80. The Morgan fingerprint density at radius 1 is 0.785 bits per heavy atom.